The standard InChI is InChI=1S/C20H41NO2Si6/c1-24(2)19-25(3,4)28(9,10)20(27(24,7)8,29(11,12)26(19,5)6)17-13-15-18(16-14-17)21(22)23/h13-16,19H,1-12H3. The number of hydrogen-bond acceptors (Lipinski definition) is 2. The lowest BCUT2D eigenvalue weighted by atomic mass is 10.2. The van der Waals surface area contributed by atoms with E-state index >= 15 is 0 Å². The van der Waals surface area contributed by atoms with E-state index in [1.807, 2.05) is 12.1 Å². The first kappa shape index (κ1) is 23.6. The lowest BCUT2D eigenvalue weighted by molar-refractivity contribution is -0.384. The first-order chi connectivity index (χ1) is 12.8. The van der Waals surface area contributed by atoms with Crippen molar-refractivity contribution < 1.29 is 4.92 Å². The van der Waals surface area contributed by atoms with Crippen LogP contribution >= 0.6 is 0 Å². The van der Waals surface area contributed by atoms with Crippen LogP contribution in [0.15, 0.2) is 24.3 Å². The summed E-state index contributed by atoms with van der Waals surface area (Å²) in [5.74, 6) is 0. The van der Waals surface area contributed by atoms with Crippen LogP contribution in [-0.4, -0.2) is 50.5 Å². The second-order valence-corrected chi connectivity index (χ2v) is 63.2. The van der Waals surface area contributed by atoms with Crippen molar-refractivity contribution in [1.29, 1.82) is 0 Å². The topological polar surface area (TPSA) is 43.1 Å². The number of non-ortho nitro benzene ring substituents is 1. The van der Waals surface area contributed by atoms with Gasteiger partial charge >= 0.3 is 0 Å². The molecular formula is C20H41NO2Si6. The van der Waals surface area contributed by atoms with Crippen molar-refractivity contribution in [3.63, 3.8) is 0 Å². The number of benzene rings is 1. The molecule has 0 radical (unpaired) electrons. The van der Waals surface area contributed by atoms with Crippen molar-refractivity contribution in [2.75, 3.05) is 0 Å². The van der Waals surface area contributed by atoms with Crippen molar-refractivity contribution >= 4 is 51.2 Å². The van der Waals surface area contributed by atoms with Crippen molar-refractivity contribution in [2.24, 2.45) is 0 Å². The maximum atomic E-state index is 11.4. The Morgan fingerprint density at radius 1 is 0.690 bits per heavy atom. The summed E-state index contributed by atoms with van der Waals surface area (Å²) in [7, 11) is -9.18. The van der Waals surface area contributed by atoms with E-state index in [1.165, 1.54) is 5.56 Å². The molecule has 0 amide bonds. The molecule has 3 aliphatic heterocycles. The van der Waals surface area contributed by atoms with Gasteiger partial charge in [-0.3, -0.25) is 10.1 Å². The van der Waals surface area contributed by atoms with Gasteiger partial charge in [-0.1, -0.05) is 95.5 Å². The lowest BCUT2D eigenvalue weighted by Gasteiger charge is -2.85. The molecule has 0 unspecified atom stereocenters. The molecule has 0 atom stereocenters. The van der Waals surface area contributed by atoms with Crippen LogP contribution in [0.4, 0.5) is 5.69 Å². The molecule has 0 saturated carbocycles. The monoisotopic (exact) mass is 495 g/mol. The van der Waals surface area contributed by atoms with E-state index in [2.05, 4.69) is 90.7 Å². The van der Waals surface area contributed by atoms with Crippen molar-refractivity contribution in [1.82, 2.24) is 0 Å². The summed E-state index contributed by atoms with van der Waals surface area (Å²) in [5.41, 5.74) is 1.78. The number of fused-ring (bicyclic) bond motifs is 3. The van der Waals surface area contributed by atoms with E-state index in [1.54, 1.807) is 0 Å². The van der Waals surface area contributed by atoms with E-state index in [0.717, 1.165) is 4.79 Å². The van der Waals surface area contributed by atoms with Gasteiger partial charge in [0, 0.05) is 57.7 Å². The molecule has 3 saturated heterocycles. The zero-order valence-electron chi connectivity index (χ0n) is 20.7. The Hall–Kier alpha value is -0.0787. The Balaban J connectivity index is 2.53. The summed E-state index contributed by atoms with van der Waals surface area (Å²) >= 11 is 0. The number of nitro benzene ring substituents is 1. The van der Waals surface area contributed by atoms with Crippen LogP contribution in [0.3, 0.4) is 0 Å². The quantitative estimate of drug-likeness (QED) is 0.270. The fourth-order valence-corrected chi connectivity index (χ4v) is 155. The van der Waals surface area contributed by atoms with E-state index < -0.39 is 45.5 Å². The van der Waals surface area contributed by atoms with Crippen LogP contribution in [0, 0.1) is 10.1 Å². The van der Waals surface area contributed by atoms with E-state index in [4.69, 9.17) is 0 Å². The van der Waals surface area contributed by atoms with Crippen LogP contribution in [0.2, 0.25) is 83.4 Å². The molecule has 0 N–H and O–H groups in total. The number of rotatable bonds is 2. The van der Waals surface area contributed by atoms with Crippen molar-refractivity contribution in [3.8, 4) is 0 Å². The van der Waals surface area contributed by atoms with E-state index in [9.17, 15) is 10.1 Å². The van der Waals surface area contributed by atoms with Gasteiger partial charge in [0.2, 0.25) is 0 Å². The van der Waals surface area contributed by atoms with Crippen LogP contribution < -0.4 is 0 Å². The van der Waals surface area contributed by atoms with Crippen LogP contribution in [-0.2, 0) is 4.28 Å². The Labute approximate surface area is 183 Å². The predicted octanol–water partition coefficient (Wildman–Crippen LogP) is 6.41. The molecule has 4 rings (SSSR count). The molecule has 3 fully saturated rings. The van der Waals surface area contributed by atoms with Gasteiger partial charge < -0.3 is 0 Å². The summed E-state index contributed by atoms with van der Waals surface area (Å²) in [5, 5.41) is 11.4. The summed E-state index contributed by atoms with van der Waals surface area (Å²) in [6.07, 6.45) is 0. The molecule has 0 aromatic heterocycles. The molecule has 3 nitrogen and oxygen atoms in total. The average molecular weight is 496 g/mol. The smallest absolute Gasteiger partial charge is 0.258 e. The van der Waals surface area contributed by atoms with Gasteiger partial charge in [0.05, 0.1) is 4.92 Å². The van der Waals surface area contributed by atoms with Gasteiger partial charge in [0.15, 0.2) is 0 Å². The molecule has 29 heavy (non-hydrogen) atoms. The Morgan fingerprint density at radius 3 is 1.28 bits per heavy atom. The van der Waals surface area contributed by atoms with Crippen LogP contribution in [0.25, 0.3) is 0 Å². The highest BCUT2D eigenvalue weighted by Crippen LogP contribution is 2.71. The highest BCUT2D eigenvalue weighted by molar-refractivity contribution is 7.76. The molecule has 0 spiro atoms. The van der Waals surface area contributed by atoms with Crippen LogP contribution in [0.1, 0.15) is 5.56 Å². The highest BCUT2D eigenvalue weighted by atomic mass is 29.4. The highest BCUT2D eigenvalue weighted by Gasteiger charge is 2.87. The normalized spacial score (nSPS) is 34.6. The Kier molecular flexibility index (Phi) is 4.90. The zero-order chi connectivity index (χ0) is 22.6. The van der Waals surface area contributed by atoms with Gasteiger partial charge in [-0.05, 0) is 9.85 Å². The molecule has 3 aliphatic rings. The third-order valence-electron chi connectivity index (χ3n) is 11.3. The van der Waals surface area contributed by atoms with E-state index in [-0.39, 0.29) is 10.6 Å². The Bertz CT molecular complexity index is 804. The lowest BCUT2D eigenvalue weighted by Crippen LogP contribution is -3.04. The number of nitro groups is 1. The molecule has 162 valence electrons. The number of nitrogens with zero attached hydrogens (tertiary/aromatic N) is 1. The maximum Gasteiger partial charge on any atom is 0.269 e. The predicted molar refractivity (Wildman–Crippen MR) is 143 cm³/mol. The summed E-state index contributed by atoms with van der Waals surface area (Å²) in [6, 6.07) is 8.09. The van der Waals surface area contributed by atoms with Gasteiger partial charge in [0.25, 0.3) is 5.69 Å². The van der Waals surface area contributed by atoms with Crippen molar-refractivity contribution in [3.05, 3.63) is 39.9 Å². The molecule has 1 aromatic carbocycles. The molecule has 0 aliphatic carbocycles. The molecule has 3 heterocycles. The minimum absolute atomic E-state index is 0.233. The Morgan fingerprint density at radius 2 is 1.00 bits per heavy atom. The van der Waals surface area contributed by atoms with E-state index in [0.29, 0.717) is 4.28 Å². The van der Waals surface area contributed by atoms with Crippen molar-refractivity contribution in [2.45, 2.75) is 87.6 Å². The van der Waals surface area contributed by atoms with Gasteiger partial charge in [-0.15, -0.1) is 0 Å². The first-order valence-corrected chi connectivity index (χ1v) is 32.3. The second kappa shape index (κ2) is 6.03. The minimum Gasteiger partial charge on any atom is -0.258 e. The third kappa shape index (κ3) is 2.22. The fraction of sp³-hybridized carbons (Fsp3) is 0.700. The summed E-state index contributed by atoms with van der Waals surface area (Å²) in [6.45, 7) is 33.3. The zero-order valence-corrected chi connectivity index (χ0v) is 26.7. The molecule has 9 heteroatoms. The first-order valence-electron chi connectivity index (χ1n) is 11.0. The van der Waals surface area contributed by atoms with Gasteiger partial charge in [0.1, 0.15) is 0 Å². The average Bonchev–Trinajstić information content (AvgIpc) is 2.51. The minimum atomic E-state index is -1.62. The van der Waals surface area contributed by atoms with Gasteiger partial charge in [-0.25, -0.2) is 0 Å². The maximum absolute atomic E-state index is 11.4. The largest absolute Gasteiger partial charge is 0.269 e. The van der Waals surface area contributed by atoms with Gasteiger partial charge in [-0.2, -0.15) is 0 Å². The number of hydrogen-bond donors (Lipinski definition) is 0. The third-order valence-corrected chi connectivity index (χ3v) is 101. The molecular weight excluding hydrogens is 455 g/mol. The molecule has 2 bridgehead atoms. The van der Waals surface area contributed by atoms with Crippen LogP contribution in [0.5, 0.6) is 0 Å². The molecule has 1 aromatic rings. The summed E-state index contributed by atoms with van der Waals surface area (Å²) < 4.78 is 0.429. The second-order valence-electron chi connectivity index (χ2n) is 13.0. The fourth-order valence-electron chi connectivity index (χ4n) is 9.50. The summed E-state index contributed by atoms with van der Waals surface area (Å²) in [4.78, 5) is 12.3. The SMILES string of the molecule is C[Si]1(C)C2[Si](C)(C)[Si](C)(C)C(c3ccc([N+](=O)[O-])cc3)([Si]1(C)C)[Si](C)(C)[Si]2(C)C.